The molecule has 1 aromatic carbocycles. The first-order valence-electron chi connectivity index (χ1n) is 5.09. The van der Waals surface area contributed by atoms with Gasteiger partial charge in [-0.1, -0.05) is 23.5 Å². The number of hydrogen-bond acceptors (Lipinski definition) is 3. The zero-order valence-corrected chi connectivity index (χ0v) is 8.55. The smallest absolute Gasteiger partial charge is 0.186 e. The standard InChI is InChI=1S/C11H10N2S/c1-3-7-8-4-2-6-13(8)11-12-10(7)9(5-1)14-11/h1,3,5,8H,2,4,6H2. The summed E-state index contributed by atoms with van der Waals surface area (Å²) in [5.41, 5.74) is 2.71. The van der Waals surface area contributed by atoms with Crippen LogP contribution in [0.2, 0.25) is 0 Å². The van der Waals surface area contributed by atoms with E-state index >= 15 is 0 Å². The summed E-state index contributed by atoms with van der Waals surface area (Å²) in [5, 5.41) is 1.24. The minimum atomic E-state index is 0.632. The number of anilines is 1. The first-order valence-corrected chi connectivity index (χ1v) is 5.91. The second-order valence-corrected chi connectivity index (χ2v) is 5.05. The van der Waals surface area contributed by atoms with Gasteiger partial charge in [-0.15, -0.1) is 0 Å². The van der Waals surface area contributed by atoms with Crippen molar-refractivity contribution < 1.29 is 0 Å². The van der Waals surface area contributed by atoms with Gasteiger partial charge in [0.05, 0.1) is 16.3 Å². The van der Waals surface area contributed by atoms with Crippen molar-refractivity contribution in [3.05, 3.63) is 23.8 Å². The molecule has 1 fully saturated rings. The molecule has 1 saturated heterocycles. The quantitative estimate of drug-likeness (QED) is 0.653. The maximum absolute atomic E-state index is 4.69. The number of thiazole rings is 1. The van der Waals surface area contributed by atoms with Gasteiger partial charge in [-0.05, 0) is 18.9 Å². The van der Waals surface area contributed by atoms with E-state index in [1.54, 1.807) is 0 Å². The molecule has 1 atom stereocenters. The van der Waals surface area contributed by atoms with Crippen LogP contribution in [0.1, 0.15) is 24.4 Å². The van der Waals surface area contributed by atoms with Gasteiger partial charge >= 0.3 is 0 Å². The molecule has 0 amide bonds. The van der Waals surface area contributed by atoms with Crippen molar-refractivity contribution in [1.29, 1.82) is 0 Å². The summed E-state index contributed by atoms with van der Waals surface area (Å²) in [6.45, 7) is 1.19. The minimum Gasteiger partial charge on any atom is -0.341 e. The van der Waals surface area contributed by atoms with Gasteiger partial charge in [0.1, 0.15) is 0 Å². The van der Waals surface area contributed by atoms with Crippen molar-refractivity contribution in [2.24, 2.45) is 0 Å². The van der Waals surface area contributed by atoms with Crippen LogP contribution in [-0.2, 0) is 0 Å². The zero-order chi connectivity index (χ0) is 9.12. The highest BCUT2D eigenvalue weighted by Crippen LogP contribution is 2.46. The van der Waals surface area contributed by atoms with Crippen LogP contribution in [0.15, 0.2) is 18.2 Å². The summed E-state index contributed by atoms with van der Waals surface area (Å²) in [6, 6.07) is 7.23. The van der Waals surface area contributed by atoms with Gasteiger partial charge in [0.2, 0.25) is 0 Å². The van der Waals surface area contributed by atoms with Gasteiger partial charge < -0.3 is 4.90 Å². The number of aromatic nitrogens is 1. The summed E-state index contributed by atoms with van der Waals surface area (Å²) in [4.78, 5) is 7.16. The van der Waals surface area contributed by atoms with Gasteiger partial charge in [0.15, 0.2) is 5.13 Å². The molecule has 1 unspecified atom stereocenters. The van der Waals surface area contributed by atoms with Crippen molar-refractivity contribution in [2.45, 2.75) is 18.9 Å². The molecule has 0 spiro atoms. The Labute approximate surface area is 86.2 Å². The van der Waals surface area contributed by atoms with Crippen molar-refractivity contribution in [3.8, 4) is 0 Å². The molecule has 2 aliphatic rings. The Morgan fingerprint density at radius 3 is 3.43 bits per heavy atom. The van der Waals surface area contributed by atoms with Gasteiger partial charge in [0.25, 0.3) is 0 Å². The highest BCUT2D eigenvalue weighted by atomic mass is 32.1. The van der Waals surface area contributed by atoms with Crippen molar-refractivity contribution in [3.63, 3.8) is 0 Å². The summed E-state index contributed by atoms with van der Waals surface area (Å²) in [7, 11) is 0. The monoisotopic (exact) mass is 202 g/mol. The molecule has 70 valence electrons. The van der Waals surface area contributed by atoms with Crippen LogP contribution in [0.4, 0.5) is 5.13 Å². The van der Waals surface area contributed by atoms with Gasteiger partial charge in [-0.25, -0.2) is 4.98 Å². The molecule has 4 rings (SSSR count). The molecular weight excluding hydrogens is 192 g/mol. The predicted molar refractivity (Wildman–Crippen MR) is 58.9 cm³/mol. The van der Waals surface area contributed by atoms with Crippen LogP contribution >= 0.6 is 11.3 Å². The molecular formula is C11H10N2S. The lowest BCUT2D eigenvalue weighted by Crippen LogP contribution is -2.24. The van der Waals surface area contributed by atoms with Crippen LogP contribution < -0.4 is 4.90 Å². The zero-order valence-electron chi connectivity index (χ0n) is 7.73. The van der Waals surface area contributed by atoms with Gasteiger partial charge in [0, 0.05) is 12.1 Å². The third-order valence-corrected chi connectivity index (χ3v) is 4.35. The van der Waals surface area contributed by atoms with Crippen LogP contribution in [0.25, 0.3) is 10.2 Å². The summed E-state index contributed by atoms with van der Waals surface area (Å²) in [5.74, 6) is 0. The van der Waals surface area contributed by atoms with Crippen LogP contribution in [0, 0.1) is 0 Å². The van der Waals surface area contributed by atoms with E-state index < -0.39 is 0 Å². The fourth-order valence-corrected chi connectivity index (χ4v) is 3.75. The molecule has 3 heterocycles. The molecule has 2 aliphatic heterocycles. The second kappa shape index (κ2) is 2.28. The number of rotatable bonds is 0. The first-order chi connectivity index (χ1) is 6.93. The lowest BCUT2D eigenvalue weighted by molar-refractivity contribution is 0.712. The number of nitrogens with zero attached hydrogens (tertiary/aromatic N) is 2. The number of para-hydroxylation sites is 1. The lowest BCUT2D eigenvalue weighted by atomic mass is 10.0. The molecule has 0 saturated carbocycles. The Balaban J connectivity index is 2.15. The molecule has 14 heavy (non-hydrogen) atoms. The predicted octanol–water partition coefficient (Wildman–Crippen LogP) is 2.95. The summed E-state index contributed by atoms with van der Waals surface area (Å²) < 4.78 is 1.35. The Morgan fingerprint density at radius 1 is 1.43 bits per heavy atom. The summed E-state index contributed by atoms with van der Waals surface area (Å²) >= 11 is 1.84. The van der Waals surface area contributed by atoms with E-state index in [1.165, 1.54) is 40.3 Å². The summed E-state index contributed by atoms with van der Waals surface area (Å²) in [6.07, 6.45) is 2.62. The van der Waals surface area contributed by atoms with Crippen molar-refractivity contribution in [2.75, 3.05) is 11.4 Å². The third-order valence-electron chi connectivity index (χ3n) is 3.30. The highest BCUT2D eigenvalue weighted by Gasteiger charge is 2.33. The van der Waals surface area contributed by atoms with Crippen molar-refractivity contribution >= 4 is 26.7 Å². The normalized spacial score (nSPS) is 23.4. The second-order valence-electron chi connectivity index (χ2n) is 4.04. The van der Waals surface area contributed by atoms with E-state index in [9.17, 15) is 0 Å². The molecule has 0 N–H and O–H groups in total. The maximum Gasteiger partial charge on any atom is 0.186 e. The van der Waals surface area contributed by atoms with E-state index in [-0.39, 0.29) is 0 Å². The average molecular weight is 202 g/mol. The number of hydrogen-bond donors (Lipinski definition) is 0. The van der Waals surface area contributed by atoms with Crippen LogP contribution in [0.3, 0.4) is 0 Å². The molecule has 0 radical (unpaired) electrons. The Bertz CT molecular complexity index is 517. The van der Waals surface area contributed by atoms with Crippen LogP contribution in [0.5, 0.6) is 0 Å². The molecule has 2 nitrogen and oxygen atoms in total. The SMILES string of the molecule is c1cc2c3nc(sc3c1)N1CCCC21. The first kappa shape index (κ1) is 7.23. The minimum absolute atomic E-state index is 0.632. The number of fused-ring (bicyclic) bond motifs is 4. The average Bonchev–Trinajstić information content (AvgIpc) is 2.83. The van der Waals surface area contributed by atoms with Gasteiger partial charge in [-0.2, -0.15) is 0 Å². The largest absolute Gasteiger partial charge is 0.341 e. The Morgan fingerprint density at radius 2 is 2.43 bits per heavy atom. The van der Waals surface area contributed by atoms with Crippen molar-refractivity contribution in [1.82, 2.24) is 4.98 Å². The Kier molecular flexibility index (Phi) is 1.18. The maximum atomic E-state index is 4.69. The molecule has 2 aromatic rings. The highest BCUT2D eigenvalue weighted by molar-refractivity contribution is 7.22. The lowest BCUT2D eigenvalue weighted by Gasteiger charge is -2.26. The molecule has 0 aliphatic carbocycles. The Hall–Kier alpha value is -1.09. The fraction of sp³-hybridized carbons (Fsp3) is 0.364. The molecule has 1 aromatic heterocycles. The van der Waals surface area contributed by atoms with E-state index in [0.717, 1.165) is 0 Å². The molecule has 2 bridgehead atoms. The topological polar surface area (TPSA) is 16.1 Å². The van der Waals surface area contributed by atoms with E-state index in [2.05, 4.69) is 28.1 Å². The van der Waals surface area contributed by atoms with E-state index in [1.807, 2.05) is 11.3 Å². The molecule has 3 heteroatoms. The van der Waals surface area contributed by atoms with Gasteiger partial charge in [-0.3, -0.25) is 0 Å². The fourth-order valence-electron chi connectivity index (χ4n) is 2.67. The van der Waals surface area contributed by atoms with E-state index in [0.29, 0.717) is 6.04 Å². The van der Waals surface area contributed by atoms with E-state index in [4.69, 9.17) is 0 Å². The van der Waals surface area contributed by atoms with Crippen LogP contribution in [-0.4, -0.2) is 11.5 Å². The third kappa shape index (κ3) is 0.708. The number of benzene rings is 1.